The number of aryl methyl sites for hydroxylation is 1. The van der Waals surface area contributed by atoms with E-state index in [1.54, 1.807) is 36.5 Å². The highest BCUT2D eigenvalue weighted by Crippen LogP contribution is 2.25. The number of fused-ring (bicyclic) bond motifs is 1. The van der Waals surface area contributed by atoms with Crippen LogP contribution in [-0.2, 0) is 6.42 Å². The minimum absolute atomic E-state index is 0.0937. The summed E-state index contributed by atoms with van der Waals surface area (Å²) in [6.07, 6.45) is 3.20. The molecule has 3 aromatic rings. The van der Waals surface area contributed by atoms with Crippen LogP contribution in [0.5, 0.6) is 11.5 Å². The fraction of sp³-hybridized carbons (Fsp3) is 0.158. The van der Waals surface area contributed by atoms with Crippen LogP contribution in [0, 0.1) is 0 Å². The van der Waals surface area contributed by atoms with Crippen LogP contribution in [-0.4, -0.2) is 32.8 Å². The molecular formula is C19H20N2O4. The number of benzene rings is 2. The molecule has 6 nitrogen and oxygen atoms in total. The van der Waals surface area contributed by atoms with Gasteiger partial charge in [-0.05, 0) is 42.7 Å². The van der Waals surface area contributed by atoms with E-state index in [2.05, 4.69) is 4.98 Å². The quantitative estimate of drug-likeness (QED) is 0.582. The Labute approximate surface area is 145 Å². The zero-order valence-electron chi connectivity index (χ0n) is 13.6. The number of rotatable bonds is 4. The van der Waals surface area contributed by atoms with E-state index in [4.69, 9.17) is 15.9 Å². The van der Waals surface area contributed by atoms with Crippen LogP contribution in [0.1, 0.15) is 22.3 Å². The molecule has 0 unspecified atom stereocenters. The van der Waals surface area contributed by atoms with Crippen molar-refractivity contribution in [1.82, 2.24) is 4.98 Å². The molecule has 0 aliphatic heterocycles. The number of nitrogens with two attached hydrogens (primary N) is 1. The number of hydrogen-bond donors (Lipinski definition) is 4. The van der Waals surface area contributed by atoms with Crippen molar-refractivity contribution in [2.24, 2.45) is 5.73 Å². The van der Waals surface area contributed by atoms with E-state index in [-0.39, 0.29) is 23.7 Å². The van der Waals surface area contributed by atoms with Gasteiger partial charge in [-0.2, -0.15) is 0 Å². The molecule has 0 saturated heterocycles. The maximum Gasteiger partial charge on any atom is 0.252 e. The number of pyridine rings is 1. The van der Waals surface area contributed by atoms with Gasteiger partial charge in [-0.1, -0.05) is 24.3 Å². The smallest absolute Gasteiger partial charge is 0.252 e. The van der Waals surface area contributed by atoms with Crippen LogP contribution in [0.15, 0.2) is 54.7 Å². The van der Waals surface area contributed by atoms with Crippen molar-refractivity contribution < 1.29 is 20.1 Å². The normalized spacial score (nSPS) is 10.1. The van der Waals surface area contributed by atoms with E-state index in [0.29, 0.717) is 5.52 Å². The number of hydrogen-bond acceptors (Lipinski definition) is 5. The summed E-state index contributed by atoms with van der Waals surface area (Å²) >= 11 is 0. The third-order valence-electron chi connectivity index (χ3n) is 3.57. The lowest BCUT2D eigenvalue weighted by Crippen LogP contribution is -2.11. The number of phenols is 2. The van der Waals surface area contributed by atoms with E-state index >= 15 is 0 Å². The molecule has 1 amide bonds. The predicted molar refractivity (Wildman–Crippen MR) is 95.4 cm³/mol. The number of aromatic nitrogens is 1. The van der Waals surface area contributed by atoms with Gasteiger partial charge in [-0.15, -0.1) is 0 Å². The number of aromatic hydroxyl groups is 2. The first-order valence-corrected chi connectivity index (χ1v) is 7.78. The number of amides is 1. The second-order valence-corrected chi connectivity index (χ2v) is 5.39. The summed E-state index contributed by atoms with van der Waals surface area (Å²) in [5.74, 6) is -0.525. The van der Waals surface area contributed by atoms with Crippen LogP contribution in [0.4, 0.5) is 0 Å². The van der Waals surface area contributed by atoms with Gasteiger partial charge >= 0.3 is 0 Å². The minimum atomic E-state index is -0.657. The van der Waals surface area contributed by atoms with E-state index in [1.165, 1.54) is 6.07 Å². The van der Waals surface area contributed by atoms with E-state index in [1.807, 2.05) is 12.1 Å². The summed E-state index contributed by atoms with van der Waals surface area (Å²) in [5, 5.41) is 27.9. The summed E-state index contributed by atoms with van der Waals surface area (Å²) in [7, 11) is 0. The largest absolute Gasteiger partial charge is 0.508 e. The molecule has 1 aromatic heterocycles. The van der Waals surface area contributed by atoms with E-state index in [9.17, 15) is 9.90 Å². The standard InChI is InChI=1S/C10H8N2O2.C9H12O2/c11-10(14)7-4-3-6-2-1-5-12-8(6)9(7)13;10-7-1-2-8-3-5-9(11)6-4-8/h1-5,13H,(H2,11,14);3-6,10-11H,1-2,7H2. The Morgan fingerprint density at radius 2 is 1.76 bits per heavy atom. The summed E-state index contributed by atoms with van der Waals surface area (Å²) in [6.45, 7) is 0.223. The highest BCUT2D eigenvalue weighted by atomic mass is 16.3. The molecule has 5 N–H and O–H groups in total. The second kappa shape index (κ2) is 8.65. The van der Waals surface area contributed by atoms with Crippen LogP contribution >= 0.6 is 0 Å². The third-order valence-corrected chi connectivity index (χ3v) is 3.57. The van der Waals surface area contributed by atoms with Crippen molar-refractivity contribution in [3.63, 3.8) is 0 Å². The third kappa shape index (κ3) is 4.92. The number of phenolic OH excluding ortho intramolecular Hbond substituents is 1. The van der Waals surface area contributed by atoms with Gasteiger partial charge in [0.05, 0.1) is 5.56 Å². The van der Waals surface area contributed by atoms with Gasteiger partial charge in [0.2, 0.25) is 0 Å². The molecule has 3 rings (SSSR count). The molecule has 1 heterocycles. The lowest BCUT2D eigenvalue weighted by Gasteiger charge is -2.03. The number of primary amides is 1. The molecule has 6 heteroatoms. The van der Waals surface area contributed by atoms with Crippen molar-refractivity contribution in [2.45, 2.75) is 12.8 Å². The molecule has 25 heavy (non-hydrogen) atoms. The van der Waals surface area contributed by atoms with Crippen LogP contribution in [0.2, 0.25) is 0 Å². The average Bonchev–Trinajstić information content (AvgIpc) is 2.62. The average molecular weight is 340 g/mol. The molecular weight excluding hydrogens is 320 g/mol. The Bertz CT molecular complexity index is 848. The lowest BCUT2D eigenvalue weighted by atomic mass is 10.1. The van der Waals surface area contributed by atoms with Gasteiger partial charge in [0.1, 0.15) is 11.3 Å². The summed E-state index contributed by atoms with van der Waals surface area (Å²) in [4.78, 5) is 14.9. The van der Waals surface area contributed by atoms with Crippen molar-refractivity contribution in [2.75, 3.05) is 6.61 Å². The topological polar surface area (TPSA) is 117 Å². The fourth-order valence-corrected chi connectivity index (χ4v) is 2.27. The number of aliphatic hydroxyl groups excluding tert-OH is 1. The van der Waals surface area contributed by atoms with Crippen molar-refractivity contribution in [3.05, 3.63) is 65.9 Å². The van der Waals surface area contributed by atoms with E-state index in [0.717, 1.165) is 23.8 Å². The number of carbonyl (C=O) groups excluding carboxylic acids is 1. The Morgan fingerprint density at radius 1 is 1.04 bits per heavy atom. The molecule has 0 radical (unpaired) electrons. The monoisotopic (exact) mass is 340 g/mol. The molecule has 0 aliphatic rings. The Hall–Kier alpha value is -3.12. The van der Waals surface area contributed by atoms with E-state index < -0.39 is 5.91 Å². The highest BCUT2D eigenvalue weighted by molar-refractivity contribution is 6.01. The summed E-state index contributed by atoms with van der Waals surface area (Å²) in [6, 6.07) is 13.8. The molecule has 2 aromatic carbocycles. The first-order chi connectivity index (χ1) is 12.0. The van der Waals surface area contributed by atoms with Crippen molar-refractivity contribution >= 4 is 16.8 Å². The SMILES string of the molecule is NC(=O)c1ccc2cccnc2c1O.OCCCc1ccc(O)cc1. The Balaban J connectivity index is 0.000000186. The minimum Gasteiger partial charge on any atom is -0.508 e. The van der Waals surface area contributed by atoms with Gasteiger partial charge < -0.3 is 21.1 Å². The Morgan fingerprint density at radius 3 is 2.40 bits per heavy atom. The number of nitrogens with zero attached hydrogens (tertiary/aromatic N) is 1. The molecule has 0 spiro atoms. The first kappa shape index (κ1) is 18.2. The van der Waals surface area contributed by atoms with Gasteiger partial charge in [-0.3, -0.25) is 9.78 Å². The van der Waals surface area contributed by atoms with Gasteiger partial charge in [0.25, 0.3) is 5.91 Å². The number of carbonyl (C=O) groups is 1. The van der Waals surface area contributed by atoms with Gasteiger partial charge in [0, 0.05) is 18.2 Å². The van der Waals surface area contributed by atoms with Gasteiger partial charge in [0.15, 0.2) is 5.75 Å². The van der Waals surface area contributed by atoms with Crippen molar-refractivity contribution in [3.8, 4) is 11.5 Å². The predicted octanol–water partition coefficient (Wildman–Crippen LogP) is 2.36. The highest BCUT2D eigenvalue weighted by Gasteiger charge is 2.10. The first-order valence-electron chi connectivity index (χ1n) is 7.78. The molecule has 0 atom stereocenters. The zero-order valence-corrected chi connectivity index (χ0v) is 13.6. The fourth-order valence-electron chi connectivity index (χ4n) is 2.27. The maximum absolute atomic E-state index is 10.9. The summed E-state index contributed by atoms with van der Waals surface area (Å²) in [5.41, 5.74) is 6.71. The number of aliphatic hydroxyl groups is 1. The molecule has 0 fully saturated rings. The van der Waals surface area contributed by atoms with Crippen molar-refractivity contribution in [1.29, 1.82) is 0 Å². The maximum atomic E-state index is 10.9. The molecule has 0 saturated carbocycles. The molecule has 0 bridgehead atoms. The Kier molecular flexibility index (Phi) is 6.31. The van der Waals surface area contributed by atoms with Crippen LogP contribution in [0.3, 0.4) is 0 Å². The second-order valence-electron chi connectivity index (χ2n) is 5.39. The zero-order chi connectivity index (χ0) is 18.2. The molecule has 130 valence electrons. The van der Waals surface area contributed by atoms with Crippen LogP contribution in [0.25, 0.3) is 10.9 Å². The molecule has 0 aliphatic carbocycles. The van der Waals surface area contributed by atoms with Gasteiger partial charge in [-0.25, -0.2) is 0 Å². The lowest BCUT2D eigenvalue weighted by molar-refractivity contribution is 0.0998. The summed E-state index contributed by atoms with van der Waals surface area (Å²) < 4.78 is 0. The van der Waals surface area contributed by atoms with Crippen LogP contribution < -0.4 is 5.73 Å².